The van der Waals surface area contributed by atoms with E-state index in [1.165, 1.54) is 41.5 Å². The van der Waals surface area contributed by atoms with Crippen LogP contribution < -0.4 is 9.64 Å². The first-order valence-corrected chi connectivity index (χ1v) is 9.88. The Hall–Kier alpha value is -4.15. The van der Waals surface area contributed by atoms with Gasteiger partial charge in [-0.1, -0.05) is 18.2 Å². The fourth-order valence-electron chi connectivity index (χ4n) is 3.29. The maximum Gasteiger partial charge on any atom is 0.416 e. The Morgan fingerprint density at radius 3 is 2.14 bits per heavy atom. The molecule has 1 aliphatic heterocycles. The second kappa shape index (κ2) is 10.00. The summed E-state index contributed by atoms with van der Waals surface area (Å²) < 4.78 is 82.7. The Morgan fingerprint density at radius 1 is 0.943 bits per heavy atom. The number of para-hydroxylation sites is 1. The quantitative estimate of drug-likeness (QED) is 0.399. The van der Waals surface area contributed by atoms with Crippen molar-refractivity contribution in [1.82, 2.24) is 0 Å². The molecule has 6 nitrogen and oxygen atoms in total. The van der Waals surface area contributed by atoms with Gasteiger partial charge in [0.05, 0.1) is 31.0 Å². The van der Waals surface area contributed by atoms with Crippen LogP contribution in [-0.4, -0.2) is 26.2 Å². The van der Waals surface area contributed by atoms with Gasteiger partial charge in [-0.2, -0.15) is 13.2 Å². The fraction of sp³-hybridized carbons (Fsp3) is 0.167. The van der Waals surface area contributed by atoms with E-state index in [4.69, 9.17) is 14.2 Å². The summed E-state index contributed by atoms with van der Waals surface area (Å²) in [5.41, 5.74) is -1.52. The van der Waals surface area contributed by atoms with Crippen molar-refractivity contribution in [2.24, 2.45) is 0 Å². The van der Waals surface area contributed by atoms with E-state index in [-0.39, 0.29) is 34.8 Å². The fourth-order valence-corrected chi connectivity index (χ4v) is 3.29. The van der Waals surface area contributed by atoms with Crippen molar-refractivity contribution < 1.29 is 45.8 Å². The first-order chi connectivity index (χ1) is 16.5. The SMILES string of the molecule is COC(=O)C1=C(C(=O)OC)N(c2c(C)cccc2Oc2c(F)cc(C(F)(F)F)cc2F)C=CC=C1. The Balaban J connectivity index is 2.20. The van der Waals surface area contributed by atoms with E-state index in [0.717, 1.165) is 14.2 Å². The number of carbonyl (C=O) groups excluding carboxylic acids is 2. The van der Waals surface area contributed by atoms with Crippen molar-refractivity contribution in [1.29, 1.82) is 0 Å². The molecule has 2 aromatic carbocycles. The van der Waals surface area contributed by atoms with Crippen LogP contribution >= 0.6 is 0 Å². The Bertz CT molecular complexity index is 1240. The lowest BCUT2D eigenvalue weighted by Gasteiger charge is -2.27. The van der Waals surface area contributed by atoms with Crippen molar-refractivity contribution in [3.05, 3.63) is 88.8 Å². The van der Waals surface area contributed by atoms with Crippen LogP contribution in [0.3, 0.4) is 0 Å². The van der Waals surface area contributed by atoms with E-state index in [0.29, 0.717) is 5.56 Å². The number of esters is 2. The van der Waals surface area contributed by atoms with Gasteiger partial charge in [0, 0.05) is 6.20 Å². The number of nitrogens with zero attached hydrogens (tertiary/aromatic N) is 1. The molecule has 0 aromatic heterocycles. The summed E-state index contributed by atoms with van der Waals surface area (Å²) in [6.45, 7) is 1.58. The van der Waals surface area contributed by atoms with Gasteiger partial charge >= 0.3 is 18.1 Å². The van der Waals surface area contributed by atoms with Crippen LogP contribution in [0.4, 0.5) is 27.6 Å². The molecule has 1 heterocycles. The van der Waals surface area contributed by atoms with Gasteiger partial charge in [-0.15, -0.1) is 0 Å². The molecule has 0 radical (unpaired) electrons. The molecule has 3 rings (SSSR count). The van der Waals surface area contributed by atoms with Crippen LogP contribution in [0.5, 0.6) is 11.5 Å². The first kappa shape index (κ1) is 25.5. The van der Waals surface area contributed by atoms with E-state index in [1.807, 2.05) is 0 Å². The van der Waals surface area contributed by atoms with Gasteiger partial charge in [0.1, 0.15) is 5.70 Å². The third-order valence-electron chi connectivity index (χ3n) is 4.87. The molecule has 0 atom stereocenters. The van der Waals surface area contributed by atoms with Gasteiger partial charge in [0.2, 0.25) is 0 Å². The molecule has 0 fully saturated rings. The topological polar surface area (TPSA) is 65.1 Å². The third kappa shape index (κ3) is 5.18. The number of carbonyl (C=O) groups is 2. The molecule has 0 saturated heterocycles. The van der Waals surface area contributed by atoms with Crippen molar-refractivity contribution >= 4 is 17.6 Å². The average Bonchev–Trinajstić information content (AvgIpc) is 3.02. The molecular formula is C24H18F5NO5. The highest BCUT2D eigenvalue weighted by Gasteiger charge is 2.34. The number of methoxy groups -OCH3 is 2. The lowest BCUT2D eigenvalue weighted by molar-refractivity contribution is -0.139. The summed E-state index contributed by atoms with van der Waals surface area (Å²) in [6.07, 6.45) is 0.622. The maximum atomic E-state index is 14.5. The van der Waals surface area contributed by atoms with Crippen molar-refractivity contribution in [2.45, 2.75) is 13.1 Å². The van der Waals surface area contributed by atoms with E-state index in [2.05, 4.69) is 0 Å². The van der Waals surface area contributed by atoms with Crippen molar-refractivity contribution in [3.8, 4) is 11.5 Å². The number of hydrogen-bond acceptors (Lipinski definition) is 6. The maximum absolute atomic E-state index is 14.5. The van der Waals surface area contributed by atoms with Gasteiger partial charge in [0.15, 0.2) is 23.1 Å². The van der Waals surface area contributed by atoms with Crippen molar-refractivity contribution in [3.63, 3.8) is 0 Å². The second-order valence-corrected chi connectivity index (χ2v) is 7.11. The van der Waals surface area contributed by atoms with E-state index < -0.39 is 41.1 Å². The summed E-state index contributed by atoms with van der Waals surface area (Å²) in [7, 11) is 2.20. The summed E-state index contributed by atoms with van der Waals surface area (Å²) in [5.74, 6) is -6.29. The second-order valence-electron chi connectivity index (χ2n) is 7.11. The minimum atomic E-state index is -4.97. The Morgan fingerprint density at radius 2 is 1.57 bits per heavy atom. The van der Waals surface area contributed by atoms with Gasteiger partial charge in [-0.05, 0) is 42.8 Å². The highest BCUT2D eigenvalue weighted by molar-refractivity contribution is 6.05. The van der Waals surface area contributed by atoms with Crippen LogP contribution in [0, 0.1) is 18.6 Å². The number of benzene rings is 2. The van der Waals surface area contributed by atoms with E-state index in [9.17, 15) is 31.5 Å². The number of aryl methyl sites for hydroxylation is 1. The lowest BCUT2D eigenvalue weighted by atomic mass is 10.1. The summed E-state index contributed by atoms with van der Waals surface area (Å²) in [6, 6.07) is 4.56. The summed E-state index contributed by atoms with van der Waals surface area (Å²) in [5, 5.41) is 0. The van der Waals surface area contributed by atoms with Gasteiger partial charge in [0.25, 0.3) is 0 Å². The first-order valence-electron chi connectivity index (χ1n) is 9.88. The highest BCUT2D eigenvalue weighted by Crippen LogP contribution is 2.41. The molecular weight excluding hydrogens is 477 g/mol. The number of allylic oxidation sites excluding steroid dienone is 2. The van der Waals surface area contributed by atoms with Crippen LogP contribution in [-0.2, 0) is 25.2 Å². The molecule has 0 amide bonds. The monoisotopic (exact) mass is 495 g/mol. The molecule has 184 valence electrons. The molecule has 0 spiro atoms. The molecule has 0 saturated carbocycles. The van der Waals surface area contributed by atoms with Crippen LogP contribution in [0.25, 0.3) is 0 Å². The zero-order chi connectivity index (χ0) is 25.9. The normalized spacial score (nSPS) is 13.5. The van der Waals surface area contributed by atoms with Gasteiger partial charge in [-0.25, -0.2) is 18.4 Å². The predicted molar refractivity (Wildman–Crippen MR) is 114 cm³/mol. The van der Waals surface area contributed by atoms with Gasteiger partial charge in [-0.3, -0.25) is 0 Å². The smallest absolute Gasteiger partial charge is 0.416 e. The molecule has 0 N–H and O–H groups in total. The predicted octanol–water partition coefficient (Wildman–Crippen LogP) is 5.57. The molecule has 0 bridgehead atoms. The largest absolute Gasteiger partial charge is 0.465 e. The molecule has 1 aliphatic rings. The van der Waals surface area contributed by atoms with Gasteiger partial charge < -0.3 is 19.1 Å². The number of anilines is 1. The molecule has 11 heteroatoms. The lowest BCUT2D eigenvalue weighted by Crippen LogP contribution is -2.27. The van der Waals surface area contributed by atoms with Crippen LogP contribution in [0.2, 0.25) is 0 Å². The van der Waals surface area contributed by atoms with E-state index in [1.54, 1.807) is 13.0 Å². The van der Waals surface area contributed by atoms with Crippen LogP contribution in [0.15, 0.2) is 66.0 Å². The summed E-state index contributed by atoms with van der Waals surface area (Å²) >= 11 is 0. The van der Waals surface area contributed by atoms with Crippen LogP contribution in [0.1, 0.15) is 11.1 Å². The molecule has 2 aromatic rings. The molecule has 0 aliphatic carbocycles. The minimum absolute atomic E-state index is 0.0629. The average molecular weight is 495 g/mol. The zero-order valence-electron chi connectivity index (χ0n) is 18.6. The number of ether oxygens (including phenoxy) is 3. The Labute approximate surface area is 196 Å². The molecule has 0 unspecified atom stereocenters. The third-order valence-corrected chi connectivity index (χ3v) is 4.87. The molecule has 35 heavy (non-hydrogen) atoms. The zero-order valence-corrected chi connectivity index (χ0v) is 18.6. The number of rotatable bonds is 5. The standard InChI is InChI=1S/C24H18F5NO5/c1-13-7-6-9-18(35-21-16(25)11-14(12-17(21)26)24(27,28)29)19(13)30-10-5-4-8-15(22(31)33-2)20(30)23(32)34-3/h4-12H,1-3H3. The summed E-state index contributed by atoms with van der Waals surface area (Å²) in [4.78, 5) is 26.3. The number of alkyl halides is 3. The van der Waals surface area contributed by atoms with Crippen molar-refractivity contribution in [2.75, 3.05) is 19.1 Å². The number of hydrogen-bond donors (Lipinski definition) is 0. The Kier molecular flexibility index (Phi) is 7.28. The van der Waals surface area contributed by atoms with E-state index >= 15 is 0 Å². The number of halogens is 5. The highest BCUT2D eigenvalue weighted by atomic mass is 19.4. The minimum Gasteiger partial charge on any atom is -0.465 e.